The van der Waals surface area contributed by atoms with E-state index >= 15 is 0 Å². The number of nitrogens with zero attached hydrogens (tertiary/aromatic N) is 1. The second-order valence-corrected chi connectivity index (χ2v) is 5.52. The molecule has 0 aromatic rings. The molecule has 1 heterocycles. The number of aliphatic carboxylic acids is 1. The first-order chi connectivity index (χ1) is 8.12. The van der Waals surface area contributed by atoms with Gasteiger partial charge in [-0.25, -0.2) is 4.79 Å². The van der Waals surface area contributed by atoms with E-state index in [4.69, 9.17) is 5.11 Å². The molecule has 0 amide bonds. The second kappa shape index (κ2) is 5.36. The Balaban J connectivity index is 1.93. The zero-order chi connectivity index (χ0) is 12.3. The first kappa shape index (κ1) is 12.8. The molecule has 1 atom stereocenters. The quantitative estimate of drug-likeness (QED) is 0.771. The van der Waals surface area contributed by atoms with E-state index in [1.165, 1.54) is 32.1 Å². The lowest BCUT2D eigenvalue weighted by Crippen LogP contribution is -2.41. The van der Waals surface area contributed by atoms with Gasteiger partial charge in [0.25, 0.3) is 0 Å². The van der Waals surface area contributed by atoms with Crippen molar-refractivity contribution in [3.05, 3.63) is 0 Å². The lowest BCUT2D eigenvalue weighted by Gasteiger charge is -2.33. The summed E-state index contributed by atoms with van der Waals surface area (Å²) in [6.45, 7) is 1.67. The highest BCUT2D eigenvalue weighted by Gasteiger charge is 2.38. The zero-order valence-corrected chi connectivity index (χ0v) is 10.4. The summed E-state index contributed by atoms with van der Waals surface area (Å²) in [4.78, 5) is 13.4. The molecule has 0 aromatic carbocycles. The number of carboxylic acid groups (broad SMARTS) is 1. The van der Waals surface area contributed by atoms with Crippen molar-refractivity contribution in [3.8, 4) is 0 Å². The molecule has 1 saturated carbocycles. The third-order valence-corrected chi connectivity index (χ3v) is 4.34. The highest BCUT2D eigenvalue weighted by atomic mass is 16.4. The molecule has 0 aromatic heterocycles. The van der Waals surface area contributed by atoms with Crippen LogP contribution in [0, 0.1) is 0 Å². The van der Waals surface area contributed by atoms with Gasteiger partial charge in [0.05, 0.1) is 0 Å². The standard InChI is InChI=1S/C13H23NO3/c15-12(16)13(17)7-4-9-14(10-8-13)11-5-2-1-3-6-11/h11,17H,1-10H2,(H,15,16). The van der Waals surface area contributed by atoms with Gasteiger partial charge in [-0.3, -0.25) is 0 Å². The van der Waals surface area contributed by atoms with Gasteiger partial charge in [-0.2, -0.15) is 0 Å². The predicted octanol–water partition coefficient (Wildman–Crippen LogP) is 1.62. The largest absolute Gasteiger partial charge is 0.479 e. The van der Waals surface area contributed by atoms with Crippen LogP contribution in [0.4, 0.5) is 0 Å². The predicted molar refractivity (Wildman–Crippen MR) is 64.9 cm³/mol. The molecule has 0 spiro atoms. The van der Waals surface area contributed by atoms with Crippen molar-refractivity contribution in [3.63, 3.8) is 0 Å². The lowest BCUT2D eigenvalue weighted by atomic mass is 9.93. The Bertz CT molecular complexity index is 276. The van der Waals surface area contributed by atoms with E-state index < -0.39 is 11.6 Å². The van der Waals surface area contributed by atoms with Crippen molar-refractivity contribution in [2.45, 2.75) is 63.0 Å². The molecule has 1 saturated heterocycles. The average Bonchev–Trinajstić information content (AvgIpc) is 2.54. The minimum atomic E-state index is -1.48. The zero-order valence-electron chi connectivity index (χ0n) is 10.4. The fourth-order valence-electron chi connectivity index (χ4n) is 3.17. The Labute approximate surface area is 103 Å². The van der Waals surface area contributed by atoms with Crippen molar-refractivity contribution in [2.24, 2.45) is 0 Å². The number of hydrogen-bond donors (Lipinski definition) is 2. The molecular weight excluding hydrogens is 218 g/mol. The van der Waals surface area contributed by atoms with Gasteiger partial charge in [0.1, 0.15) is 0 Å². The van der Waals surface area contributed by atoms with Gasteiger partial charge in [-0.05, 0) is 38.6 Å². The Morgan fingerprint density at radius 3 is 2.41 bits per heavy atom. The van der Waals surface area contributed by atoms with E-state index in [0.717, 1.165) is 19.5 Å². The van der Waals surface area contributed by atoms with Crippen LogP contribution in [0.15, 0.2) is 0 Å². The maximum absolute atomic E-state index is 11.0. The molecule has 1 aliphatic carbocycles. The fraction of sp³-hybridized carbons (Fsp3) is 0.923. The van der Waals surface area contributed by atoms with E-state index in [9.17, 15) is 9.90 Å². The van der Waals surface area contributed by atoms with E-state index in [-0.39, 0.29) is 0 Å². The van der Waals surface area contributed by atoms with Gasteiger partial charge in [0.2, 0.25) is 0 Å². The van der Waals surface area contributed by atoms with Crippen LogP contribution >= 0.6 is 0 Å². The molecule has 2 fully saturated rings. The number of aliphatic hydroxyl groups is 1. The van der Waals surface area contributed by atoms with Crippen LogP contribution in [-0.2, 0) is 4.79 Å². The third kappa shape index (κ3) is 2.99. The van der Waals surface area contributed by atoms with Gasteiger partial charge in [0, 0.05) is 12.6 Å². The maximum atomic E-state index is 11.0. The van der Waals surface area contributed by atoms with E-state index in [0.29, 0.717) is 18.9 Å². The fourth-order valence-corrected chi connectivity index (χ4v) is 3.17. The maximum Gasteiger partial charge on any atom is 0.335 e. The smallest absolute Gasteiger partial charge is 0.335 e. The van der Waals surface area contributed by atoms with Gasteiger partial charge >= 0.3 is 5.97 Å². The van der Waals surface area contributed by atoms with Gasteiger partial charge in [-0.15, -0.1) is 0 Å². The topological polar surface area (TPSA) is 60.8 Å². The van der Waals surface area contributed by atoms with Crippen molar-refractivity contribution in [1.29, 1.82) is 0 Å². The molecule has 0 bridgehead atoms. The summed E-state index contributed by atoms with van der Waals surface area (Å²) >= 11 is 0. The van der Waals surface area contributed by atoms with Crippen molar-refractivity contribution >= 4 is 5.97 Å². The highest BCUT2D eigenvalue weighted by molar-refractivity contribution is 5.77. The lowest BCUT2D eigenvalue weighted by molar-refractivity contribution is -0.159. The molecule has 1 aliphatic heterocycles. The molecule has 98 valence electrons. The van der Waals surface area contributed by atoms with E-state index in [2.05, 4.69) is 4.90 Å². The SMILES string of the molecule is O=C(O)C1(O)CCCN(C2CCCCC2)CC1. The number of carboxylic acids is 1. The van der Waals surface area contributed by atoms with Crippen LogP contribution in [0.25, 0.3) is 0 Å². The number of rotatable bonds is 2. The minimum absolute atomic E-state index is 0.374. The van der Waals surface area contributed by atoms with Crippen LogP contribution in [0.5, 0.6) is 0 Å². The third-order valence-electron chi connectivity index (χ3n) is 4.34. The van der Waals surface area contributed by atoms with Crippen LogP contribution < -0.4 is 0 Å². The molecule has 1 unspecified atom stereocenters. The van der Waals surface area contributed by atoms with Crippen molar-refractivity contribution < 1.29 is 15.0 Å². The van der Waals surface area contributed by atoms with Crippen LogP contribution in [0.3, 0.4) is 0 Å². The molecule has 4 nitrogen and oxygen atoms in total. The number of likely N-dealkylation sites (tertiary alicyclic amines) is 1. The van der Waals surface area contributed by atoms with Crippen LogP contribution in [0.1, 0.15) is 51.4 Å². The van der Waals surface area contributed by atoms with Crippen molar-refractivity contribution in [2.75, 3.05) is 13.1 Å². The van der Waals surface area contributed by atoms with Gasteiger partial charge < -0.3 is 15.1 Å². The monoisotopic (exact) mass is 241 g/mol. The molecule has 0 radical (unpaired) electrons. The Hall–Kier alpha value is -0.610. The van der Waals surface area contributed by atoms with E-state index in [1.807, 2.05) is 0 Å². The summed E-state index contributed by atoms with van der Waals surface area (Å²) in [6.07, 6.45) is 7.97. The summed E-state index contributed by atoms with van der Waals surface area (Å²) in [5.41, 5.74) is -1.48. The second-order valence-electron chi connectivity index (χ2n) is 5.52. The molecule has 4 heteroatoms. The van der Waals surface area contributed by atoms with E-state index in [1.54, 1.807) is 0 Å². The Morgan fingerprint density at radius 1 is 1.06 bits per heavy atom. The molecule has 2 N–H and O–H groups in total. The van der Waals surface area contributed by atoms with Crippen LogP contribution in [-0.4, -0.2) is 45.8 Å². The minimum Gasteiger partial charge on any atom is -0.479 e. The normalized spacial score (nSPS) is 33.2. The molecule has 17 heavy (non-hydrogen) atoms. The highest BCUT2D eigenvalue weighted by Crippen LogP contribution is 2.28. The Kier molecular flexibility index (Phi) is 4.05. The number of carbonyl (C=O) groups is 1. The molecule has 2 rings (SSSR count). The van der Waals surface area contributed by atoms with Gasteiger partial charge in [0.15, 0.2) is 5.60 Å². The molecule has 2 aliphatic rings. The van der Waals surface area contributed by atoms with Gasteiger partial charge in [-0.1, -0.05) is 19.3 Å². The summed E-state index contributed by atoms with van der Waals surface area (Å²) in [5.74, 6) is -1.05. The van der Waals surface area contributed by atoms with Crippen LogP contribution in [0.2, 0.25) is 0 Å². The first-order valence-electron chi connectivity index (χ1n) is 6.82. The number of hydrogen-bond acceptors (Lipinski definition) is 3. The summed E-state index contributed by atoms with van der Waals surface area (Å²) < 4.78 is 0. The molecular formula is C13H23NO3. The van der Waals surface area contributed by atoms with Crippen molar-refractivity contribution in [1.82, 2.24) is 4.90 Å². The summed E-state index contributed by atoms with van der Waals surface area (Å²) in [6, 6.07) is 0.625. The average molecular weight is 241 g/mol. The summed E-state index contributed by atoms with van der Waals surface area (Å²) in [7, 11) is 0. The first-order valence-corrected chi connectivity index (χ1v) is 6.82. The summed E-state index contributed by atoms with van der Waals surface area (Å²) in [5, 5.41) is 19.1. The Morgan fingerprint density at radius 2 is 1.76 bits per heavy atom.